The summed E-state index contributed by atoms with van der Waals surface area (Å²) in [5, 5.41) is 8.91. The molecule has 0 amide bonds. The van der Waals surface area contributed by atoms with Gasteiger partial charge in [0, 0.05) is 6.04 Å². The molecule has 2 rings (SSSR count). The summed E-state index contributed by atoms with van der Waals surface area (Å²) in [5.41, 5.74) is 0. The Morgan fingerprint density at radius 1 is 1.40 bits per heavy atom. The van der Waals surface area contributed by atoms with E-state index in [-0.39, 0.29) is 10.9 Å². The Hall–Kier alpha value is -1.14. The largest absolute Gasteiger partial charge is 0.505 e. The number of phenolic OH excluding ortho intramolecular Hbond substituents is 1. The Labute approximate surface area is 86.8 Å². The smallest absolute Gasteiger partial charge is 0.240 e. The van der Waals surface area contributed by atoms with Crippen molar-refractivity contribution < 1.29 is 17.9 Å². The van der Waals surface area contributed by atoms with E-state index >= 15 is 0 Å². The SMILES string of the molecule is O=S(=O)(NC1CC1)c1ccc(O)c(F)c1. The van der Waals surface area contributed by atoms with E-state index in [0.29, 0.717) is 0 Å². The molecule has 0 heterocycles. The summed E-state index contributed by atoms with van der Waals surface area (Å²) in [5.74, 6) is -1.49. The summed E-state index contributed by atoms with van der Waals surface area (Å²) in [6.45, 7) is 0. The molecule has 6 heteroatoms. The number of benzene rings is 1. The van der Waals surface area contributed by atoms with Gasteiger partial charge in [-0.2, -0.15) is 0 Å². The highest BCUT2D eigenvalue weighted by molar-refractivity contribution is 7.89. The summed E-state index contributed by atoms with van der Waals surface area (Å²) in [6.07, 6.45) is 1.64. The first-order chi connectivity index (χ1) is 6.99. The van der Waals surface area contributed by atoms with Gasteiger partial charge >= 0.3 is 0 Å². The van der Waals surface area contributed by atoms with Crippen LogP contribution in [0.1, 0.15) is 12.8 Å². The number of nitrogens with one attached hydrogen (secondary N) is 1. The maximum atomic E-state index is 12.9. The van der Waals surface area contributed by atoms with Crippen LogP contribution in [0.5, 0.6) is 5.75 Å². The van der Waals surface area contributed by atoms with Gasteiger partial charge in [0.1, 0.15) is 0 Å². The molecule has 0 bridgehead atoms. The van der Waals surface area contributed by atoms with Crippen molar-refractivity contribution in [3.05, 3.63) is 24.0 Å². The predicted molar refractivity (Wildman–Crippen MR) is 51.4 cm³/mol. The third-order valence-corrected chi connectivity index (χ3v) is 3.65. The fourth-order valence-electron chi connectivity index (χ4n) is 1.14. The third kappa shape index (κ3) is 2.27. The van der Waals surface area contributed by atoms with Crippen LogP contribution in [0.4, 0.5) is 4.39 Å². The van der Waals surface area contributed by atoms with Crippen LogP contribution in [0.2, 0.25) is 0 Å². The van der Waals surface area contributed by atoms with Gasteiger partial charge in [0.05, 0.1) is 4.90 Å². The molecule has 2 N–H and O–H groups in total. The molecule has 0 atom stereocenters. The molecule has 0 aliphatic heterocycles. The maximum absolute atomic E-state index is 12.9. The standard InChI is InChI=1S/C9H10FNO3S/c10-8-5-7(3-4-9(8)12)15(13,14)11-6-1-2-6/h3-6,11-12H,1-2H2. The Morgan fingerprint density at radius 3 is 2.60 bits per heavy atom. The molecule has 4 nitrogen and oxygen atoms in total. The van der Waals surface area contributed by atoms with Crippen LogP contribution in [0.15, 0.2) is 23.1 Å². The third-order valence-electron chi connectivity index (χ3n) is 2.13. The van der Waals surface area contributed by atoms with Gasteiger partial charge in [-0.3, -0.25) is 0 Å². The minimum atomic E-state index is -3.64. The van der Waals surface area contributed by atoms with Crippen LogP contribution < -0.4 is 4.72 Å². The van der Waals surface area contributed by atoms with Crippen molar-refractivity contribution in [2.75, 3.05) is 0 Å². The summed E-state index contributed by atoms with van der Waals surface area (Å²) < 4.78 is 38.5. The van der Waals surface area contributed by atoms with Gasteiger partial charge in [0.15, 0.2) is 11.6 Å². The fraction of sp³-hybridized carbons (Fsp3) is 0.333. The number of halogens is 1. The van der Waals surface area contributed by atoms with E-state index < -0.39 is 21.6 Å². The second-order valence-electron chi connectivity index (χ2n) is 3.51. The quantitative estimate of drug-likeness (QED) is 0.814. The van der Waals surface area contributed by atoms with Crippen molar-refractivity contribution in [2.45, 2.75) is 23.8 Å². The molecule has 15 heavy (non-hydrogen) atoms. The summed E-state index contributed by atoms with van der Waals surface area (Å²) in [6, 6.07) is 2.98. The Morgan fingerprint density at radius 2 is 2.07 bits per heavy atom. The molecule has 1 aromatic carbocycles. The molecule has 1 saturated carbocycles. The lowest BCUT2D eigenvalue weighted by Crippen LogP contribution is -2.25. The minimum Gasteiger partial charge on any atom is -0.505 e. The van der Waals surface area contributed by atoms with Gasteiger partial charge in [0.25, 0.3) is 0 Å². The molecule has 1 aromatic rings. The first-order valence-corrected chi connectivity index (χ1v) is 5.98. The van der Waals surface area contributed by atoms with Crippen molar-refractivity contribution in [3.63, 3.8) is 0 Å². The van der Waals surface area contributed by atoms with Gasteiger partial charge < -0.3 is 5.11 Å². The molecule has 1 fully saturated rings. The maximum Gasteiger partial charge on any atom is 0.240 e. The lowest BCUT2D eigenvalue weighted by atomic mass is 10.3. The van der Waals surface area contributed by atoms with E-state index in [9.17, 15) is 12.8 Å². The first kappa shape index (κ1) is 10.4. The highest BCUT2D eigenvalue weighted by Gasteiger charge is 2.28. The van der Waals surface area contributed by atoms with Crippen LogP contribution >= 0.6 is 0 Å². The van der Waals surface area contributed by atoms with Crippen LogP contribution in [-0.4, -0.2) is 19.6 Å². The van der Waals surface area contributed by atoms with Crippen molar-refractivity contribution in [1.29, 1.82) is 0 Å². The highest BCUT2D eigenvalue weighted by Crippen LogP contribution is 2.24. The number of rotatable bonds is 3. The van der Waals surface area contributed by atoms with Gasteiger partial charge in [-0.1, -0.05) is 0 Å². The van der Waals surface area contributed by atoms with Gasteiger partial charge in [-0.05, 0) is 31.0 Å². The molecular formula is C9H10FNO3S. The van der Waals surface area contributed by atoms with Crippen molar-refractivity contribution in [3.8, 4) is 5.75 Å². The first-order valence-electron chi connectivity index (χ1n) is 4.50. The topological polar surface area (TPSA) is 66.4 Å². The average molecular weight is 231 g/mol. The lowest BCUT2D eigenvalue weighted by molar-refractivity contribution is 0.431. The van der Waals surface area contributed by atoms with Gasteiger partial charge in [-0.15, -0.1) is 0 Å². The molecule has 1 aliphatic carbocycles. The Kier molecular flexibility index (Phi) is 2.40. The number of hydrogen-bond acceptors (Lipinski definition) is 3. The van der Waals surface area contributed by atoms with Crippen molar-refractivity contribution >= 4 is 10.0 Å². The van der Waals surface area contributed by atoms with Gasteiger partial charge in [0.2, 0.25) is 10.0 Å². The molecule has 0 radical (unpaired) electrons. The summed E-state index contributed by atoms with van der Waals surface area (Å²) in [7, 11) is -3.64. The van der Waals surface area contributed by atoms with Crippen LogP contribution in [0, 0.1) is 5.82 Å². The second kappa shape index (κ2) is 3.46. The molecule has 82 valence electrons. The number of aromatic hydroxyl groups is 1. The monoisotopic (exact) mass is 231 g/mol. The number of sulfonamides is 1. The van der Waals surface area contributed by atoms with Gasteiger partial charge in [-0.25, -0.2) is 17.5 Å². The summed E-state index contributed by atoms with van der Waals surface area (Å²) in [4.78, 5) is -0.162. The Balaban J connectivity index is 2.31. The van der Waals surface area contributed by atoms with Crippen LogP contribution in [0.3, 0.4) is 0 Å². The van der Waals surface area contributed by atoms with E-state index in [1.807, 2.05) is 0 Å². The van der Waals surface area contributed by atoms with E-state index in [1.165, 1.54) is 6.07 Å². The summed E-state index contributed by atoms with van der Waals surface area (Å²) >= 11 is 0. The van der Waals surface area contributed by atoms with E-state index in [4.69, 9.17) is 5.11 Å². The minimum absolute atomic E-state index is 0.0214. The van der Waals surface area contributed by atoms with E-state index in [2.05, 4.69) is 4.72 Å². The normalized spacial score (nSPS) is 16.6. The zero-order valence-electron chi connectivity index (χ0n) is 7.77. The highest BCUT2D eigenvalue weighted by atomic mass is 32.2. The number of phenols is 1. The van der Waals surface area contributed by atoms with Crippen LogP contribution in [-0.2, 0) is 10.0 Å². The molecular weight excluding hydrogens is 221 g/mol. The predicted octanol–water partition coefficient (Wildman–Crippen LogP) is 0.972. The molecule has 0 saturated heterocycles. The average Bonchev–Trinajstić information content (AvgIpc) is 2.92. The molecule has 0 unspecified atom stereocenters. The molecule has 0 aromatic heterocycles. The lowest BCUT2D eigenvalue weighted by Gasteiger charge is -2.05. The van der Waals surface area contributed by atoms with E-state index in [1.54, 1.807) is 0 Å². The fourth-order valence-corrected chi connectivity index (χ4v) is 2.46. The van der Waals surface area contributed by atoms with Crippen molar-refractivity contribution in [1.82, 2.24) is 4.72 Å². The Bertz CT molecular complexity index is 482. The molecule has 0 spiro atoms. The number of hydrogen-bond donors (Lipinski definition) is 2. The van der Waals surface area contributed by atoms with Crippen LogP contribution in [0.25, 0.3) is 0 Å². The second-order valence-corrected chi connectivity index (χ2v) is 5.22. The zero-order valence-corrected chi connectivity index (χ0v) is 8.59. The van der Waals surface area contributed by atoms with E-state index in [0.717, 1.165) is 25.0 Å². The zero-order chi connectivity index (χ0) is 11.1. The molecule has 1 aliphatic rings. The van der Waals surface area contributed by atoms with Crippen molar-refractivity contribution in [2.24, 2.45) is 0 Å².